The second kappa shape index (κ2) is 5.14. The normalized spacial score (nSPS) is 23.6. The van der Waals surface area contributed by atoms with Gasteiger partial charge >= 0.3 is 0 Å². The fraction of sp³-hybridized carbons (Fsp3) is 0.500. The van der Waals surface area contributed by atoms with Crippen molar-refractivity contribution in [3.05, 3.63) is 23.9 Å². The molecule has 0 saturated heterocycles. The molecule has 0 spiro atoms. The van der Waals surface area contributed by atoms with Gasteiger partial charge < -0.3 is 15.8 Å². The van der Waals surface area contributed by atoms with Crippen LogP contribution < -0.4 is 11.1 Å². The van der Waals surface area contributed by atoms with Crippen LogP contribution in [0, 0.1) is 0 Å². The van der Waals surface area contributed by atoms with Crippen molar-refractivity contribution in [1.82, 2.24) is 10.3 Å². The summed E-state index contributed by atoms with van der Waals surface area (Å²) in [5, 5.41) is 2.95. The molecular weight excluding hydrogens is 218 g/mol. The second-order valence-corrected chi connectivity index (χ2v) is 4.22. The van der Waals surface area contributed by atoms with E-state index in [1.165, 1.54) is 0 Å². The van der Waals surface area contributed by atoms with Gasteiger partial charge in [-0.05, 0) is 31.4 Å². The zero-order valence-corrected chi connectivity index (χ0v) is 9.85. The number of methoxy groups -OCH3 is 1. The molecule has 1 heterocycles. The van der Waals surface area contributed by atoms with Gasteiger partial charge in [-0.3, -0.25) is 4.79 Å². The van der Waals surface area contributed by atoms with Gasteiger partial charge in [-0.15, -0.1) is 0 Å². The number of carbonyl (C=O) groups excluding carboxylic acids is 1. The zero-order chi connectivity index (χ0) is 12.3. The van der Waals surface area contributed by atoms with Crippen LogP contribution in [0.1, 0.15) is 29.6 Å². The summed E-state index contributed by atoms with van der Waals surface area (Å²) in [6.45, 7) is 0. The first-order chi connectivity index (χ1) is 8.22. The van der Waals surface area contributed by atoms with E-state index >= 15 is 0 Å². The average molecular weight is 235 g/mol. The molecule has 0 aromatic carbocycles. The highest BCUT2D eigenvalue weighted by Crippen LogP contribution is 2.22. The van der Waals surface area contributed by atoms with Gasteiger partial charge in [0.15, 0.2) is 0 Å². The molecule has 1 aromatic heterocycles. The van der Waals surface area contributed by atoms with Crippen molar-refractivity contribution in [3.8, 4) is 0 Å². The number of nitrogens with one attached hydrogen (secondary N) is 1. The molecule has 2 atom stereocenters. The van der Waals surface area contributed by atoms with E-state index in [1.54, 1.807) is 25.4 Å². The molecule has 2 unspecified atom stereocenters. The SMILES string of the molecule is COC1CCCC1NC(=O)c1cccnc1N. The fourth-order valence-electron chi connectivity index (χ4n) is 2.23. The summed E-state index contributed by atoms with van der Waals surface area (Å²) in [6.07, 6.45) is 4.69. The van der Waals surface area contributed by atoms with E-state index in [0.29, 0.717) is 5.56 Å². The minimum Gasteiger partial charge on any atom is -0.383 e. The smallest absolute Gasteiger partial charge is 0.255 e. The molecule has 1 fully saturated rings. The number of hydrogen-bond donors (Lipinski definition) is 2. The number of carbonyl (C=O) groups is 1. The van der Waals surface area contributed by atoms with Crippen LogP contribution in [-0.4, -0.2) is 30.1 Å². The minimum absolute atomic E-state index is 0.0760. The Hall–Kier alpha value is -1.62. The number of amides is 1. The summed E-state index contributed by atoms with van der Waals surface area (Å²) >= 11 is 0. The third-order valence-corrected chi connectivity index (χ3v) is 3.15. The monoisotopic (exact) mass is 235 g/mol. The molecule has 0 aliphatic heterocycles. The highest BCUT2D eigenvalue weighted by molar-refractivity contribution is 5.98. The molecule has 17 heavy (non-hydrogen) atoms. The van der Waals surface area contributed by atoms with Gasteiger partial charge in [-0.25, -0.2) is 4.98 Å². The van der Waals surface area contributed by atoms with E-state index < -0.39 is 0 Å². The molecule has 1 amide bonds. The number of ether oxygens (including phenoxy) is 1. The van der Waals surface area contributed by atoms with Crippen molar-refractivity contribution >= 4 is 11.7 Å². The van der Waals surface area contributed by atoms with Crippen LogP contribution in [0.3, 0.4) is 0 Å². The summed E-state index contributed by atoms with van der Waals surface area (Å²) in [5.74, 6) is 0.0847. The van der Waals surface area contributed by atoms with E-state index in [-0.39, 0.29) is 23.9 Å². The van der Waals surface area contributed by atoms with Gasteiger partial charge in [0, 0.05) is 13.3 Å². The number of nitrogens with zero attached hydrogens (tertiary/aromatic N) is 1. The van der Waals surface area contributed by atoms with Crippen molar-refractivity contribution in [1.29, 1.82) is 0 Å². The lowest BCUT2D eigenvalue weighted by molar-refractivity contribution is 0.0722. The Bertz CT molecular complexity index is 408. The van der Waals surface area contributed by atoms with Crippen LogP contribution in [-0.2, 0) is 4.74 Å². The van der Waals surface area contributed by atoms with Crippen LogP contribution >= 0.6 is 0 Å². The third-order valence-electron chi connectivity index (χ3n) is 3.15. The Balaban J connectivity index is 2.04. The highest BCUT2D eigenvalue weighted by atomic mass is 16.5. The van der Waals surface area contributed by atoms with Crippen LogP contribution in [0.15, 0.2) is 18.3 Å². The fourth-order valence-corrected chi connectivity index (χ4v) is 2.23. The number of rotatable bonds is 3. The number of pyridine rings is 1. The Kier molecular flexibility index (Phi) is 3.58. The van der Waals surface area contributed by atoms with Gasteiger partial charge in [0.25, 0.3) is 5.91 Å². The maximum Gasteiger partial charge on any atom is 0.255 e. The first-order valence-corrected chi connectivity index (χ1v) is 5.76. The Morgan fingerprint density at radius 3 is 3.12 bits per heavy atom. The van der Waals surface area contributed by atoms with Crippen molar-refractivity contribution < 1.29 is 9.53 Å². The second-order valence-electron chi connectivity index (χ2n) is 4.22. The molecule has 2 rings (SSSR count). The van der Waals surface area contributed by atoms with Gasteiger partial charge in [0.2, 0.25) is 0 Å². The quantitative estimate of drug-likeness (QED) is 0.818. The van der Waals surface area contributed by atoms with Crippen molar-refractivity contribution in [2.45, 2.75) is 31.4 Å². The lowest BCUT2D eigenvalue weighted by Gasteiger charge is -2.19. The molecule has 0 bridgehead atoms. The minimum atomic E-state index is -0.176. The van der Waals surface area contributed by atoms with E-state index in [4.69, 9.17) is 10.5 Å². The van der Waals surface area contributed by atoms with E-state index in [1.807, 2.05) is 0 Å². The molecule has 1 aliphatic rings. The topological polar surface area (TPSA) is 77.2 Å². The van der Waals surface area contributed by atoms with Gasteiger partial charge in [0.1, 0.15) is 5.82 Å². The van der Waals surface area contributed by atoms with Gasteiger partial charge in [-0.2, -0.15) is 0 Å². The van der Waals surface area contributed by atoms with Crippen LogP contribution in [0.2, 0.25) is 0 Å². The standard InChI is InChI=1S/C12H17N3O2/c1-17-10-6-2-5-9(10)15-12(16)8-4-3-7-14-11(8)13/h3-4,7,9-10H,2,5-6H2,1H3,(H2,13,14)(H,15,16). The van der Waals surface area contributed by atoms with E-state index in [9.17, 15) is 4.79 Å². The van der Waals surface area contributed by atoms with E-state index in [2.05, 4.69) is 10.3 Å². The van der Waals surface area contributed by atoms with Gasteiger partial charge in [-0.1, -0.05) is 0 Å². The Morgan fingerprint density at radius 1 is 1.59 bits per heavy atom. The summed E-state index contributed by atoms with van der Waals surface area (Å²) in [5.41, 5.74) is 6.08. The van der Waals surface area contributed by atoms with Crippen molar-refractivity contribution in [2.75, 3.05) is 12.8 Å². The number of nitrogen functional groups attached to an aromatic ring is 1. The molecule has 5 nitrogen and oxygen atoms in total. The Labute approximate surface area is 100 Å². The average Bonchev–Trinajstić information content (AvgIpc) is 2.76. The highest BCUT2D eigenvalue weighted by Gasteiger charge is 2.28. The third kappa shape index (κ3) is 2.55. The first kappa shape index (κ1) is 11.9. The number of aromatic nitrogens is 1. The number of nitrogens with two attached hydrogens (primary N) is 1. The maximum absolute atomic E-state index is 12.0. The largest absolute Gasteiger partial charge is 0.383 e. The Morgan fingerprint density at radius 2 is 2.41 bits per heavy atom. The summed E-state index contributed by atoms with van der Waals surface area (Å²) in [4.78, 5) is 15.9. The summed E-state index contributed by atoms with van der Waals surface area (Å²) < 4.78 is 5.33. The molecule has 1 aromatic rings. The predicted molar refractivity (Wildman–Crippen MR) is 64.6 cm³/mol. The van der Waals surface area contributed by atoms with E-state index in [0.717, 1.165) is 19.3 Å². The van der Waals surface area contributed by atoms with Crippen LogP contribution in [0.5, 0.6) is 0 Å². The van der Waals surface area contributed by atoms with Crippen molar-refractivity contribution in [2.24, 2.45) is 0 Å². The number of hydrogen-bond acceptors (Lipinski definition) is 4. The van der Waals surface area contributed by atoms with Crippen LogP contribution in [0.4, 0.5) is 5.82 Å². The van der Waals surface area contributed by atoms with Gasteiger partial charge in [0.05, 0.1) is 17.7 Å². The number of anilines is 1. The molecule has 1 aliphatic carbocycles. The molecule has 92 valence electrons. The van der Waals surface area contributed by atoms with Crippen LogP contribution in [0.25, 0.3) is 0 Å². The molecule has 0 radical (unpaired) electrons. The lowest BCUT2D eigenvalue weighted by atomic mass is 10.2. The molecule has 3 N–H and O–H groups in total. The molecular formula is C12H17N3O2. The van der Waals surface area contributed by atoms with Crippen molar-refractivity contribution in [3.63, 3.8) is 0 Å². The predicted octanol–water partition coefficient (Wildman–Crippen LogP) is 0.961. The zero-order valence-electron chi connectivity index (χ0n) is 9.85. The summed E-state index contributed by atoms with van der Waals surface area (Å²) in [7, 11) is 1.67. The molecule has 1 saturated carbocycles. The maximum atomic E-state index is 12.0. The molecule has 5 heteroatoms. The summed E-state index contributed by atoms with van der Waals surface area (Å²) in [6, 6.07) is 3.45. The lowest BCUT2D eigenvalue weighted by Crippen LogP contribution is -2.41. The first-order valence-electron chi connectivity index (χ1n) is 5.76.